The molecule has 0 atom stereocenters. The topological polar surface area (TPSA) is 3.24 Å². The Balaban J connectivity index is 0.000000163. The summed E-state index contributed by atoms with van der Waals surface area (Å²) in [5.74, 6) is 1.04. The minimum atomic E-state index is 1.04. The summed E-state index contributed by atoms with van der Waals surface area (Å²) >= 11 is 0. The number of likely N-dealkylation sites (tertiary alicyclic amines) is 1. The lowest BCUT2D eigenvalue weighted by Gasteiger charge is -2.15. The molecular weight excluding hydrogens is 218 g/mol. The summed E-state index contributed by atoms with van der Waals surface area (Å²) in [6.45, 7) is 7.65. The SMILES string of the molecule is CC.CC1CCCCC1.CN1CCCC1=C1CC1. The van der Waals surface area contributed by atoms with Gasteiger partial charge in [0.2, 0.25) is 0 Å². The van der Waals surface area contributed by atoms with Gasteiger partial charge >= 0.3 is 0 Å². The molecule has 0 aromatic heterocycles. The van der Waals surface area contributed by atoms with E-state index in [9.17, 15) is 0 Å². The first kappa shape index (κ1) is 15.6. The van der Waals surface area contributed by atoms with E-state index in [2.05, 4.69) is 18.9 Å². The highest BCUT2D eigenvalue weighted by Crippen LogP contribution is 2.36. The molecule has 2 saturated carbocycles. The van der Waals surface area contributed by atoms with Crippen molar-refractivity contribution in [2.24, 2.45) is 5.92 Å². The Morgan fingerprint density at radius 1 is 0.889 bits per heavy atom. The van der Waals surface area contributed by atoms with Crippen LogP contribution in [0.3, 0.4) is 0 Å². The molecule has 18 heavy (non-hydrogen) atoms. The summed E-state index contributed by atoms with van der Waals surface area (Å²) in [4.78, 5) is 2.42. The second kappa shape index (κ2) is 8.61. The Morgan fingerprint density at radius 2 is 1.50 bits per heavy atom. The third kappa shape index (κ3) is 5.46. The summed E-state index contributed by atoms with van der Waals surface area (Å²) in [6, 6.07) is 0. The van der Waals surface area contributed by atoms with Gasteiger partial charge in [0, 0.05) is 19.3 Å². The van der Waals surface area contributed by atoms with E-state index in [1.54, 1.807) is 11.3 Å². The molecular formula is C17H33N. The van der Waals surface area contributed by atoms with Crippen molar-refractivity contribution >= 4 is 0 Å². The summed E-state index contributed by atoms with van der Waals surface area (Å²) in [5.41, 5.74) is 3.39. The lowest BCUT2D eigenvalue weighted by atomic mass is 9.91. The van der Waals surface area contributed by atoms with E-state index in [0.717, 1.165) is 5.92 Å². The van der Waals surface area contributed by atoms with Gasteiger partial charge in [-0.1, -0.05) is 58.4 Å². The first-order valence-corrected chi connectivity index (χ1v) is 8.19. The van der Waals surface area contributed by atoms with Crippen LogP contribution >= 0.6 is 0 Å². The number of hydrogen-bond donors (Lipinski definition) is 0. The van der Waals surface area contributed by atoms with Gasteiger partial charge in [0.05, 0.1) is 0 Å². The van der Waals surface area contributed by atoms with Gasteiger partial charge in [0.1, 0.15) is 0 Å². The average molecular weight is 251 g/mol. The third-order valence-electron chi connectivity index (χ3n) is 4.17. The van der Waals surface area contributed by atoms with Gasteiger partial charge in [-0.3, -0.25) is 0 Å². The molecule has 0 spiro atoms. The fraction of sp³-hybridized carbons (Fsp3) is 0.882. The van der Waals surface area contributed by atoms with Crippen LogP contribution in [0.15, 0.2) is 11.3 Å². The maximum Gasteiger partial charge on any atom is 0.0175 e. The lowest BCUT2D eigenvalue weighted by molar-refractivity contribution is 0.385. The van der Waals surface area contributed by atoms with Crippen LogP contribution in [-0.2, 0) is 0 Å². The van der Waals surface area contributed by atoms with E-state index in [1.165, 1.54) is 64.3 Å². The van der Waals surface area contributed by atoms with Crippen molar-refractivity contribution in [2.45, 2.75) is 78.6 Å². The molecule has 0 amide bonds. The van der Waals surface area contributed by atoms with Gasteiger partial charge in [0.15, 0.2) is 0 Å². The Hall–Kier alpha value is -0.460. The minimum absolute atomic E-state index is 1.04. The number of hydrogen-bond acceptors (Lipinski definition) is 1. The molecule has 0 aromatic rings. The second-order valence-corrected chi connectivity index (χ2v) is 5.82. The van der Waals surface area contributed by atoms with E-state index < -0.39 is 0 Å². The molecule has 0 radical (unpaired) electrons. The molecule has 1 heterocycles. The number of nitrogens with zero attached hydrogens (tertiary/aromatic N) is 1. The quantitative estimate of drug-likeness (QED) is 0.559. The number of allylic oxidation sites excluding steroid dienone is 2. The monoisotopic (exact) mass is 251 g/mol. The third-order valence-corrected chi connectivity index (χ3v) is 4.17. The van der Waals surface area contributed by atoms with Gasteiger partial charge in [-0.15, -0.1) is 0 Å². The van der Waals surface area contributed by atoms with Crippen LogP contribution in [0, 0.1) is 5.92 Å². The predicted molar refractivity (Wildman–Crippen MR) is 81.7 cm³/mol. The highest BCUT2D eigenvalue weighted by molar-refractivity contribution is 5.25. The van der Waals surface area contributed by atoms with E-state index in [-0.39, 0.29) is 0 Å². The lowest BCUT2D eigenvalue weighted by Crippen LogP contribution is -2.09. The highest BCUT2D eigenvalue weighted by Gasteiger charge is 2.23. The highest BCUT2D eigenvalue weighted by atomic mass is 15.1. The molecule has 0 aromatic carbocycles. The molecule has 0 N–H and O–H groups in total. The Kier molecular flexibility index (Phi) is 7.46. The normalized spacial score (nSPS) is 23.0. The molecule has 1 aliphatic heterocycles. The summed E-state index contributed by atoms with van der Waals surface area (Å²) in [5, 5.41) is 0. The molecule has 2 aliphatic carbocycles. The van der Waals surface area contributed by atoms with Crippen molar-refractivity contribution < 1.29 is 0 Å². The van der Waals surface area contributed by atoms with Crippen molar-refractivity contribution in [2.75, 3.05) is 13.6 Å². The van der Waals surface area contributed by atoms with Crippen LogP contribution in [0.4, 0.5) is 0 Å². The van der Waals surface area contributed by atoms with Crippen LogP contribution in [0.1, 0.15) is 78.6 Å². The maximum absolute atomic E-state index is 2.42. The molecule has 3 fully saturated rings. The summed E-state index contributed by atoms with van der Waals surface area (Å²) in [6.07, 6.45) is 13.0. The number of rotatable bonds is 0. The van der Waals surface area contributed by atoms with Crippen molar-refractivity contribution in [3.05, 3.63) is 11.3 Å². The zero-order chi connectivity index (χ0) is 13.4. The Labute approximate surface area is 115 Å². The van der Waals surface area contributed by atoms with E-state index in [4.69, 9.17) is 0 Å². The van der Waals surface area contributed by atoms with Gasteiger partial charge in [-0.05, 0) is 31.6 Å². The first-order valence-electron chi connectivity index (χ1n) is 8.19. The molecule has 3 aliphatic rings. The molecule has 0 bridgehead atoms. The zero-order valence-corrected chi connectivity index (χ0v) is 13.1. The second-order valence-electron chi connectivity index (χ2n) is 5.82. The predicted octanol–water partition coefficient (Wildman–Crippen LogP) is 5.37. The van der Waals surface area contributed by atoms with Crippen molar-refractivity contribution in [1.29, 1.82) is 0 Å². The molecule has 1 heteroatoms. The molecule has 1 nitrogen and oxygen atoms in total. The Morgan fingerprint density at radius 3 is 1.83 bits per heavy atom. The van der Waals surface area contributed by atoms with E-state index in [0.29, 0.717) is 0 Å². The van der Waals surface area contributed by atoms with Gasteiger partial charge in [-0.2, -0.15) is 0 Å². The van der Waals surface area contributed by atoms with Crippen LogP contribution < -0.4 is 0 Å². The minimum Gasteiger partial charge on any atom is -0.378 e. The van der Waals surface area contributed by atoms with E-state index >= 15 is 0 Å². The average Bonchev–Trinajstić information content (AvgIpc) is 3.16. The van der Waals surface area contributed by atoms with E-state index in [1.807, 2.05) is 13.8 Å². The van der Waals surface area contributed by atoms with Crippen LogP contribution in [-0.4, -0.2) is 18.5 Å². The zero-order valence-electron chi connectivity index (χ0n) is 13.1. The van der Waals surface area contributed by atoms with Crippen LogP contribution in [0.2, 0.25) is 0 Å². The molecule has 3 rings (SSSR count). The van der Waals surface area contributed by atoms with Gasteiger partial charge in [-0.25, -0.2) is 0 Å². The summed E-state index contributed by atoms with van der Waals surface area (Å²) < 4.78 is 0. The van der Waals surface area contributed by atoms with Crippen LogP contribution in [0.5, 0.6) is 0 Å². The maximum atomic E-state index is 2.42. The van der Waals surface area contributed by atoms with Crippen molar-refractivity contribution in [3.63, 3.8) is 0 Å². The van der Waals surface area contributed by atoms with Crippen molar-refractivity contribution in [3.8, 4) is 0 Å². The standard InChI is InChI=1S/C8H13N.C7H14.C2H6/c1-9-6-2-3-8(9)7-4-5-7;1-7-5-3-2-4-6-7;1-2/h2-6H2,1H3;7H,2-6H2,1H3;1-2H3. The van der Waals surface area contributed by atoms with Gasteiger partial charge < -0.3 is 4.90 Å². The van der Waals surface area contributed by atoms with Crippen LogP contribution in [0.25, 0.3) is 0 Å². The fourth-order valence-electron chi connectivity index (χ4n) is 2.91. The Bertz CT molecular complexity index is 242. The first-order chi connectivity index (χ1) is 8.77. The largest absolute Gasteiger partial charge is 0.378 e. The van der Waals surface area contributed by atoms with Gasteiger partial charge in [0.25, 0.3) is 0 Å². The van der Waals surface area contributed by atoms with Crippen molar-refractivity contribution in [1.82, 2.24) is 4.90 Å². The smallest absolute Gasteiger partial charge is 0.0175 e. The molecule has 106 valence electrons. The summed E-state index contributed by atoms with van der Waals surface area (Å²) in [7, 11) is 2.22. The molecule has 0 unspecified atom stereocenters. The fourth-order valence-corrected chi connectivity index (χ4v) is 2.91. The molecule has 1 saturated heterocycles.